The molecule has 1 amide bonds. The standard InChI is InChI=1S/C9H6Cl3NO/c10-6-4-8(12)7(11)3-5(6)1-2-9(13)14/h1-4H,(H2,13,14). The molecular formula is C9H6Cl3NO. The van der Waals surface area contributed by atoms with Crippen molar-refractivity contribution in [3.05, 3.63) is 38.8 Å². The number of halogens is 3. The molecule has 0 aliphatic rings. The molecule has 0 spiro atoms. The van der Waals surface area contributed by atoms with Crippen LogP contribution in [-0.2, 0) is 4.79 Å². The number of nitrogens with two attached hydrogens (primary N) is 1. The molecule has 0 unspecified atom stereocenters. The van der Waals surface area contributed by atoms with Gasteiger partial charge in [0.25, 0.3) is 0 Å². The summed E-state index contributed by atoms with van der Waals surface area (Å²) in [6.45, 7) is 0. The van der Waals surface area contributed by atoms with E-state index in [4.69, 9.17) is 40.5 Å². The maximum absolute atomic E-state index is 10.5. The summed E-state index contributed by atoms with van der Waals surface area (Å²) in [6.07, 6.45) is 2.68. The average molecular weight is 251 g/mol. The summed E-state index contributed by atoms with van der Waals surface area (Å²) >= 11 is 17.3. The average Bonchev–Trinajstić information content (AvgIpc) is 2.09. The van der Waals surface area contributed by atoms with E-state index in [1.807, 2.05) is 0 Å². The van der Waals surface area contributed by atoms with Crippen LogP contribution in [0, 0.1) is 0 Å². The van der Waals surface area contributed by atoms with Crippen molar-refractivity contribution in [1.82, 2.24) is 0 Å². The quantitative estimate of drug-likeness (QED) is 0.636. The number of benzene rings is 1. The van der Waals surface area contributed by atoms with Gasteiger partial charge in [0.1, 0.15) is 0 Å². The minimum absolute atomic E-state index is 0.368. The lowest BCUT2D eigenvalue weighted by Gasteiger charge is -2.00. The third-order valence-corrected chi connectivity index (χ3v) is 2.52. The van der Waals surface area contributed by atoms with Gasteiger partial charge in [0.15, 0.2) is 0 Å². The first-order valence-corrected chi connectivity index (χ1v) is 4.76. The number of hydrogen-bond acceptors (Lipinski definition) is 1. The Morgan fingerprint density at radius 1 is 1.14 bits per heavy atom. The fourth-order valence-electron chi connectivity index (χ4n) is 0.838. The highest BCUT2D eigenvalue weighted by atomic mass is 35.5. The Morgan fingerprint density at radius 3 is 2.29 bits per heavy atom. The van der Waals surface area contributed by atoms with Gasteiger partial charge in [-0.3, -0.25) is 4.79 Å². The molecule has 0 heterocycles. The number of hydrogen-bond donors (Lipinski definition) is 1. The highest BCUT2D eigenvalue weighted by molar-refractivity contribution is 6.43. The molecule has 0 atom stereocenters. The lowest BCUT2D eigenvalue weighted by molar-refractivity contribution is -0.113. The van der Waals surface area contributed by atoms with Gasteiger partial charge in [-0.05, 0) is 23.8 Å². The first-order chi connectivity index (χ1) is 6.50. The first kappa shape index (κ1) is 11.4. The first-order valence-electron chi connectivity index (χ1n) is 3.63. The van der Waals surface area contributed by atoms with Crippen molar-refractivity contribution >= 4 is 46.8 Å². The van der Waals surface area contributed by atoms with E-state index in [0.29, 0.717) is 20.6 Å². The van der Waals surface area contributed by atoms with Gasteiger partial charge in [-0.15, -0.1) is 0 Å². The highest BCUT2D eigenvalue weighted by Crippen LogP contribution is 2.29. The van der Waals surface area contributed by atoms with E-state index in [1.54, 1.807) is 6.07 Å². The van der Waals surface area contributed by atoms with Gasteiger partial charge in [0, 0.05) is 11.1 Å². The summed E-state index contributed by atoms with van der Waals surface area (Å²) in [7, 11) is 0. The topological polar surface area (TPSA) is 43.1 Å². The van der Waals surface area contributed by atoms with Gasteiger partial charge < -0.3 is 5.73 Å². The van der Waals surface area contributed by atoms with Crippen LogP contribution < -0.4 is 5.73 Å². The minimum atomic E-state index is -0.549. The summed E-state index contributed by atoms with van der Waals surface area (Å²) in [6, 6.07) is 3.07. The molecular weight excluding hydrogens is 244 g/mol. The normalized spacial score (nSPS) is 10.8. The molecule has 2 N–H and O–H groups in total. The van der Waals surface area contributed by atoms with Crippen molar-refractivity contribution in [1.29, 1.82) is 0 Å². The molecule has 1 aromatic rings. The second kappa shape index (κ2) is 4.69. The zero-order valence-corrected chi connectivity index (χ0v) is 9.20. The molecule has 0 aromatic heterocycles. The Morgan fingerprint density at radius 2 is 1.71 bits per heavy atom. The van der Waals surface area contributed by atoms with Crippen molar-refractivity contribution in [3.8, 4) is 0 Å². The van der Waals surface area contributed by atoms with Crippen molar-refractivity contribution in [2.45, 2.75) is 0 Å². The van der Waals surface area contributed by atoms with E-state index in [1.165, 1.54) is 18.2 Å². The van der Waals surface area contributed by atoms with Gasteiger partial charge in [0.2, 0.25) is 5.91 Å². The lowest BCUT2D eigenvalue weighted by atomic mass is 10.2. The molecule has 0 aliphatic carbocycles. The van der Waals surface area contributed by atoms with Crippen molar-refractivity contribution in [2.24, 2.45) is 5.73 Å². The zero-order chi connectivity index (χ0) is 10.7. The van der Waals surface area contributed by atoms with Crippen LogP contribution in [0.3, 0.4) is 0 Å². The molecule has 0 bridgehead atoms. The van der Waals surface area contributed by atoms with Crippen LogP contribution in [0.5, 0.6) is 0 Å². The van der Waals surface area contributed by atoms with Gasteiger partial charge in [-0.2, -0.15) is 0 Å². The van der Waals surface area contributed by atoms with E-state index in [-0.39, 0.29) is 0 Å². The molecule has 1 rings (SSSR count). The van der Waals surface area contributed by atoms with Crippen LogP contribution in [0.4, 0.5) is 0 Å². The highest BCUT2D eigenvalue weighted by Gasteiger charge is 2.03. The monoisotopic (exact) mass is 249 g/mol. The Hall–Kier alpha value is -0.700. The summed E-state index contributed by atoms with van der Waals surface area (Å²) in [4.78, 5) is 10.5. The second-order valence-electron chi connectivity index (χ2n) is 2.52. The Balaban J connectivity index is 3.10. The molecule has 0 fully saturated rings. The van der Waals surface area contributed by atoms with Gasteiger partial charge >= 0.3 is 0 Å². The van der Waals surface area contributed by atoms with Crippen LogP contribution >= 0.6 is 34.8 Å². The molecule has 0 saturated carbocycles. The third kappa shape index (κ3) is 2.91. The second-order valence-corrected chi connectivity index (χ2v) is 3.75. The SMILES string of the molecule is NC(=O)C=Cc1cc(Cl)c(Cl)cc1Cl. The van der Waals surface area contributed by atoms with Crippen molar-refractivity contribution < 1.29 is 4.79 Å². The predicted octanol–water partition coefficient (Wildman–Crippen LogP) is 3.15. The molecule has 0 saturated heterocycles. The maximum Gasteiger partial charge on any atom is 0.241 e. The zero-order valence-electron chi connectivity index (χ0n) is 6.93. The summed E-state index contributed by atoms with van der Waals surface area (Å²) in [5, 5.41) is 1.16. The Kier molecular flexibility index (Phi) is 3.81. The summed E-state index contributed by atoms with van der Waals surface area (Å²) in [5.74, 6) is -0.549. The molecule has 1 aromatic carbocycles. The largest absolute Gasteiger partial charge is 0.366 e. The van der Waals surface area contributed by atoms with Gasteiger partial charge in [-0.1, -0.05) is 34.8 Å². The van der Waals surface area contributed by atoms with Gasteiger partial charge in [-0.25, -0.2) is 0 Å². The molecule has 5 heteroatoms. The van der Waals surface area contributed by atoms with E-state index < -0.39 is 5.91 Å². The van der Waals surface area contributed by atoms with Crippen LogP contribution in [0.1, 0.15) is 5.56 Å². The summed E-state index contributed by atoms with van der Waals surface area (Å²) < 4.78 is 0. The number of amides is 1. The maximum atomic E-state index is 10.5. The fourth-order valence-corrected chi connectivity index (χ4v) is 1.46. The minimum Gasteiger partial charge on any atom is -0.366 e. The number of rotatable bonds is 2. The molecule has 2 nitrogen and oxygen atoms in total. The van der Waals surface area contributed by atoms with Crippen LogP contribution in [-0.4, -0.2) is 5.91 Å². The van der Waals surface area contributed by atoms with E-state index >= 15 is 0 Å². The predicted molar refractivity (Wildman–Crippen MR) is 59.7 cm³/mol. The van der Waals surface area contributed by atoms with Crippen LogP contribution in [0.25, 0.3) is 6.08 Å². The lowest BCUT2D eigenvalue weighted by Crippen LogP contribution is -2.05. The number of carbonyl (C=O) groups excluding carboxylic acids is 1. The Labute approximate surface area is 96.2 Å². The van der Waals surface area contributed by atoms with E-state index in [2.05, 4.69) is 0 Å². The number of carbonyl (C=O) groups is 1. The van der Waals surface area contributed by atoms with E-state index in [0.717, 1.165) is 0 Å². The van der Waals surface area contributed by atoms with Crippen molar-refractivity contribution in [2.75, 3.05) is 0 Å². The third-order valence-electron chi connectivity index (χ3n) is 1.47. The molecule has 0 aliphatic heterocycles. The number of primary amides is 1. The summed E-state index contributed by atoms with van der Waals surface area (Å²) in [5.41, 5.74) is 5.53. The smallest absolute Gasteiger partial charge is 0.241 e. The van der Waals surface area contributed by atoms with Crippen LogP contribution in [0.2, 0.25) is 15.1 Å². The van der Waals surface area contributed by atoms with Crippen molar-refractivity contribution in [3.63, 3.8) is 0 Å². The van der Waals surface area contributed by atoms with E-state index in [9.17, 15) is 4.79 Å². The molecule has 0 radical (unpaired) electrons. The van der Waals surface area contributed by atoms with Gasteiger partial charge in [0.05, 0.1) is 10.0 Å². The fraction of sp³-hybridized carbons (Fsp3) is 0. The molecule has 14 heavy (non-hydrogen) atoms. The van der Waals surface area contributed by atoms with Crippen LogP contribution in [0.15, 0.2) is 18.2 Å². The Bertz CT molecular complexity index is 401. The molecule has 74 valence electrons.